The Hall–Kier alpha value is -2.48. The van der Waals surface area contributed by atoms with E-state index >= 15 is 0 Å². The molecule has 1 heterocycles. The van der Waals surface area contributed by atoms with E-state index in [1.165, 1.54) is 98.5 Å². The minimum atomic E-state index is 1.02. The monoisotopic (exact) mass is 526 g/mol. The van der Waals surface area contributed by atoms with E-state index < -0.39 is 0 Å². The van der Waals surface area contributed by atoms with Crippen LogP contribution in [-0.4, -0.2) is 4.70 Å². The van der Waals surface area contributed by atoms with Crippen molar-refractivity contribution in [1.29, 1.82) is 0 Å². The Labute approximate surface area is 240 Å². The minimum absolute atomic E-state index is 1.02. The van der Waals surface area contributed by atoms with Crippen LogP contribution in [0.2, 0.25) is 0 Å². The molecule has 0 atom stereocenters. The maximum Gasteiger partial charge on any atom is 0.211 e. The molecule has 39 heavy (non-hydrogen) atoms. The number of aryl methyl sites for hydroxylation is 2. The van der Waals surface area contributed by atoms with Gasteiger partial charge in [-0.05, 0) is 86.8 Å². The summed E-state index contributed by atoms with van der Waals surface area (Å²) in [6.45, 7) is 9.08. The Morgan fingerprint density at radius 3 is 1.38 bits per heavy atom. The summed E-state index contributed by atoms with van der Waals surface area (Å²) in [6.07, 6.45) is 20.4. The van der Waals surface area contributed by atoms with Gasteiger partial charge in [-0.15, -0.1) is 0 Å². The highest BCUT2D eigenvalue weighted by atomic mass is 15.2. The molecule has 1 aliphatic rings. The Balaban J connectivity index is 2.02. The predicted octanol–water partition coefficient (Wildman–Crippen LogP) is 11.9. The number of hydrogen-bond acceptors (Lipinski definition) is 0. The van der Waals surface area contributed by atoms with Crippen LogP contribution in [0.1, 0.15) is 146 Å². The van der Waals surface area contributed by atoms with Crippen molar-refractivity contribution in [3.63, 3.8) is 0 Å². The largest absolute Gasteiger partial charge is 0.493 e. The van der Waals surface area contributed by atoms with Crippen molar-refractivity contribution < 1.29 is 4.70 Å². The molecule has 3 rings (SSSR count). The summed E-state index contributed by atoms with van der Waals surface area (Å²) in [5.41, 5.74) is 21.8. The van der Waals surface area contributed by atoms with E-state index in [1.54, 1.807) is 4.70 Å². The van der Waals surface area contributed by atoms with Crippen molar-refractivity contribution in [1.82, 2.24) is 0 Å². The zero-order valence-electron chi connectivity index (χ0n) is 25.5. The van der Waals surface area contributed by atoms with Crippen LogP contribution in [-0.2, 0) is 12.8 Å². The fourth-order valence-corrected chi connectivity index (χ4v) is 5.95. The van der Waals surface area contributed by atoms with Gasteiger partial charge in [-0.2, -0.15) is 0 Å². The first kappa shape index (κ1) is 31.1. The molecule has 2 aromatic rings. The summed E-state index contributed by atoms with van der Waals surface area (Å²) in [5, 5.41) is 0. The minimum Gasteiger partial charge on any atom is -0.493 e. The first-order chi connectivity index (χ1) is 19.1. The van der Waals surface area contributed by atoms with E-state index in [4.69, 9.17) is 0 Å². The Kier molecular flexibility index (Phi) is 13.7. The van der Waals surface area contributed by atoms with Gasteiger partial charge < -0.3 is 5.53 Å². The van der Waals surface area contributed by atoms with Gasteiger partial charge in [0.15, 0.2) is 0 Å². The lowest BCUT2D eigenvalue weighted by Gasteiger charge is -2.12. The summed E-state index contributed by atoms with van der Waals surface area (Å²) >= 11 is 0. The Morgan fingerprint density at radius 1 is 0.487 bits per heavy atom. The lowest BCUT2D eigenvalue weighted by Crippen LogP contribution is -2.03. The van der Waals surface area contributed by atoms with Gasteiger partial charge in [-0.25, -0.2) is 4.70 Å². The third-order valence-electron chi connectivity index (χ3n) is 8.21. The lowest BCUT2D eigenvalue weighted by atomic mass is 9.91. The quantitative estimate of drug-likeness (QED) is 0.128. The van der Waals surface area contributed by atoms with Gasteiger partial charge in [0.05, 0.1) is 0 Å². The number of unbranched alkanes of at least 4 members (excludes halogenated alkanes) is 9. The van der Waals surface area contributed by atoms with Crippen molar-refractivity contribution in [3.8, 4) is 0 Å². The second-order valence-corrected chi connectivity index (χ2v) is 11.5. The molecule has 2 heteroatoms. The SMILES string of the molecule is CCCCCCC1=C(c2cccc(CCCCCC)c2)[N+](=[N-])C(c2cccc(CCCCC)c2)=C1CCCC. The normalized spacial score (nSPS) is 13.7. The Morgan fingerprint density at radius 2 is 0.897 bits per heavy atom. The maximum absolute atomic E-state index is 12.0. The maximum atomic E-state index is 12.0. The molecule has 0 radical (unpaired) electrons. The molecule has 2 aromatic carbocycles. The van der Waals surface area contributed by atoms with Crippen LogP contribution >= 0.6 is 0 Å². The summed E-state index contributed by atoms with van der Waals surface area (Å²) < 4.78 is 1.57. The predicted molar refractivity (Wildman–Crippen MR) is 170 cm³/mol. The summed E-state index contributed by atoms with van der Waals surface area (Å²) in [4.78, 5) is 0. The van der Waals surface area contributed by atoms with Gasteiger partial charge >= 0.3 is 0 Å². The summed E-state index contributed by atoms with van der Waals surface area (Å²) in [5.74, 6) is 0. The summed E-state index contributed by atoms with van der Waals surface area (Å²) in [7, 11) is 0. The first-order valence-electron chi connectivity index (χ1n) is 16.3. The third-order valence-corrected chi connectivity index (χ3v) is 8.21. The molecule has 0 spiro atoms. The topological polar surface area (TPSA) is 25.3 Å². The molecule has 0 aromatic heterocycles. The van der Waals surface area contributed by atoms with E-state index in [0.29, 0.717) is 0 Å². The fourth-order valence-electron chi connectivity index (χ4n) is 5.95. The molecule has 0 amide bonds. The molecule has 0 saturated heterocycles. The van der Waals surface area contributed by atoms with Crippen LogP contribution < -0.4 is 0 Å². The van der Waals surface area contributed by atoms with Crippen LogP contribution in [0.4, 0.5) is 0 Å². The molecule has 0 saturated carbocycles. The second kappa shape index (κ2) is 17.3. The van der Waals surface area contributed by atoms with Crippen molar-refractivity contribution in [3.05, 3.63) is 87.5 Å². The third kappa shape index (κ3) is 9.02. The van der Waals surface area contributed by atoms with E-state index in [1.807, 2.05) is 0 Å². The van der Waals surface area contributed by atoms with Gasteiger partial charge in [-0.3, -0.25) is 0 Å². The van der Waals surface area contributed by atoms with Gasteiger partial charge in [0.2, 0.25) is 11.4 Å². The van der Waals surface area contributed by atoms with Crippen molar-refractivity contribution in [2.75, 3.05) is 0 Å². The summed E-state index contributed by atoms with van der Waals surface area (Å²) in [6, 6.07) is 18.0. The molecular weight excluding hydrogens is 472 g/mol. The molecule has 0 N–H and O–H groups in total. The smallest absolute Gasteiger partial charge is 0.211 e. The number of rotatable bonds is 19. The first-order valence-corrected chi connectivity index (χ1v) is 16.3. The Bertz CT molecular complexity index is 1100. The average Bonchev–Trinajstić information content (AvgIpc) is 3.23. The average molecular weight is 527 g/mol. The van der Waals surface area contributed by atoms with Crippen LogP contribution in [0.3, 0.4) is 0 Å². The van der Waals surface area contributed by atoms with Gasteiger partial charge in [0.1, 0.15) is 0 Å². The van der Waals surface area contributed by atoms with Crippen LogP contribution in [0.5, 0.6) is 0 Å². The number of allylic oxidation sites excluding steroid dienone is 2. The molecule has 212 valence electrons. The zero-order valence-corrected chi connectivity index (χ0v) is 25.5. The van der Waals surface area contributed by atoms with Gasteiger partial charge in [-0.1, -0.05) is 110 Å². The second-order valence-electron chi connectivity index (χ2n) is 11.5. The van der Waals surface area contributed by atoms with Gasteiger partial charge in [0.25, 0.3) is 0 Å². The van der Waals surface area contributed by atoms with Crippen molar-refractivity contribution >= 4 is 11.4 Å². The van der Waals surface area contributed by atoms with Crippen molar-refractivity contribution in [2.45, 2.75) is 137 Å². The zero-order chi connectivity index (χ0) is 27.9. The van der Waals surface area contributed by atoms with E-state index in [-0.39, 0.29) is 0 Å². The molecule has 2 nitrogen and oxygen atoms in total. The molecule has 0 unspecified atom stereocenters. The number of hydrogen-bond donors (Lipinski definition) is 0. The highest BCUT2D eigenvalue weighted by Gasteiger charge is 2.35. The van der Waals surface area contributed by atoms with Crippen LogP contribution in [0.25, 0.3) is 16.9 Å². The molecule has 1 aliphatic heterocycles. The van der Waals surface area contributed by atoms with Crippen molar-refractivity contribution in [2.24, 2.45) is 0 Å². The van der Waals surface area contributed by atoms with E-state index in [2.05, 4.69) is 76.2 Å². The number of benzene rings is 2. The molecular formula is C37H54N2. The molecule has 0 fully saturated rings. The standard InChI is InChI=1S/C37H54N2/c1-5-9-13-16-21-31-23-19-25-33(29-31)37-35(27-17-14-10-6-2)34(26-12-8-4)36(39(37)38)32-24-18-22-30(28-32)20-15-11-7-3/h18-19,22-25,28-29H,5-17,20-21,26-27H2,1-4H3. The molecule has 0 bridgehead atoms. The van der Waals surface area contributed by atoms with Crippen LogP contribution in [0, 0.1) is 0 Å². The molecule has 0 aliphatic carbocycles. The fraction of sp³-hybridized carbons (Fsp3) is 0.568. The lowest BCUT2D eigenvalue weighted by molar-refractivity contribution is -0.345. The van der Waals surface area contributed by atoms with E-state index in [9.17, 15) is 5.53 Å². The number of nitrogens with zero attached hydrogens (tertiary/aromatic N) is 2. The van der Waals surface area contributed by atoms with E-state index in [0.717, 1.165) is 55.5 Å². The highest BCUT2D eigenvalue weighted by Crippen LogP contribution is 2.44. The van der Waals surface area contributed by atoms with Gasteiger partial charge in [0, 0.05) is 22.3 Å². The highest BCUT2D eigenvalue weighted by molar-refractivity contribution is 5.82. The van der Waals surface area contributed by atoms with Crippen LogP contribution in [0.15, 0.2) is 59.7 Å².